The van der Waals surface area contributed by atoms with Gasteiger partial charge in [0, 0.05) is 35.7 Å². The molecule has 0 spiro atoms. The van der Waals surface area contributed by atoms with E-state index in [-0.39, 0.29) is 12.7 Å². The monoisotopic (exact) mass is 381 g/mol. The van der Waals surface area contributed by atoms with Crippen molar-refractivity contribution in [1.82, 2.24) is 4.98 Å². The molecule has 0 saturated heterocycles. The Hall–Kier alpha value is -3.25. The van der Waals surface area contributed by atoms with Gasteiger partial charge in [0.2, 0.25) is 6.79 Å². The molecule has 6 nitrogen and oxygen atoms in total. The van der Waals surface area contributed by atoms with Crippen molar-refractivity contribution < 1.29 is 14.3 Å². The van der Waals surface area contributed by atoms with E-state index in [1.165, 1.54) is 6.20 Å². The molecule has 1 amide bonds. The minimum absolute atomic E-state index is 0.192. The van der Waals surface area contributed by atoms with Gasteiger partial charge < -0.3 is 20.1 Å². The molecule has 0 radical (unpaired) electrons. The van der Waals surface area contributed by atoms with Crippen LogP contribution in [0, 0.1) is 0 Å². The summed E-state index contributed by atoms with van der Waals surface area (Å²) in [5.41, 5.74) is 2.91. The summed E-state index contributed by atoms with van der Waals surface area (Å²) < 4.78 is 10.6. The van der Waals surface area contributed by atoms with Crippen LogP contribution in [0.3, 0.4) is 0 Å². The van der Waals surface area contributed by atoms with Gasteiger partial charge in [-0.2, -0.15) is 0 Å². The van der Waals surface area contributed by atoms with Gasteiger partial charge in [0.1, 0.15) is 0 Å². The first-order chi connectivity index (χ1) is 13.2. The largest absolute Gasteiger partial charge is 0.454 e. The molecule has 0 aliphatic carbocycles. The molecule has 0 saturated carbocycles. The third-order valence-corrected chi connectivity index (χ3v) is 4.29. The average molecular weight is 382 g/mol. The number of anilines is 2. The van der Waals surface area contributed by atoms with Crippen LogP contribution in [0.2, 0.25) is 5.02 Å². The van der Waals surface area contributed by atoms with E-state index in [9.17, 15) is 4.79 Å². The average Bonchev–Trinajstić information content (AvgIpc) is 3.15. The summed E-state index contributed by atoms with van der Waals surface area (Å²) in [6.45, 7) is 0.796. The number of nitrogens with one attached hydrogen (secondary N) is 2. The van der Waals surface area contributed by atoms with Crippen molar-refractivity contribution in [1.29, 1.82) is 0 Å². The summed E-state index contributed by atoms with van der Waals surface area (Å²) >= 11 is 5.89. The molecule has 0 fully saturated rings. The molecule has 136 valence electrons. The maximum Gasteiger partial charge on any atom is 0.257 e. The highest BCUT2D eigenvalue weighted by molar-refractivity contribution is 6.30. The van der Waals surface area contributed by atoms with E-state index in [0.29, 0.717) is 34.3 Å². The van der Waals surface area contributed by atoms with Gasteiger partial charge in [-0.15, -0.1) is 0 Å². The molecule has 0 bridgehead atoms. The zero-order valence-electron chi connectivity index (χ0n) is 14.2. The number of halogens is 1. The highest BCUT2D eigenvalue weighted by Crippen LogP contribution is 2.34. The standard InChI is InChI=1S/C20H16ClN3O3/c21-15-3-1-13(2-4-15)9-23-17-7-14(10-22-11-17)20(25)24-16-5-6-18-19(8-16)27-12-26-18/h1-8,10-11,23H,9,12H2,(H,24,25). The number of amides is 1. The minimum atomic E-state index is -0.253. The normalized spacial score (nSPS) is 11.9. The smallest absolute Gasteiger partial charge is 0.257 e. The Kier molecular flexibility index (Phi) is 4.80. The van der Waals surface area contributed by atoms with E-state index in [0.717, 1.165) is 11.3 Å². The Labute approximate surface area is 161 Å². The summed E-state index contributed by atoms with van der Waals surface area (Å²) in [4.78, 5) is 16.7. The van der Waals surface area contributed by atoms with Gasteiger partial charge in [-0.05, 0) is 35.9 Å². The molecule has 1 aliphatic heterocycles. The molecule has 0 atom stereocenters. The predicted molar refractivity (Wildman–Crippen MR) is 104 cm³/mol. The molecule has 27 heavy (non-hydrogen) atoms. The van der Waals surface area contributed by atoms with Crippen molar-refractivity contribution in [3.63, 3.8) is 0 Å². The number of ether oxygens (including phenoxy) is 2. The van der Waals surface area contributed by atoms with Crippen molar-refractivity contribution in [3.05, 3.63) is 77.1 Å². The Balaban J connectivity index is 1.42. The first-order valence-electron chi connectivity index (χ1n) is 8.32. The van der Waals surface area contributed by atoms with E-state index in [1.807, 2.05) is 24.3 Å². The maximum absolute atomic E-state index is 12.5. The van der Waals surface area contributed by atoms with Gasteiger partial charge in [0.15, 0.2) is 11.5 Å². The Morgan fingerprint density at radius 3 is 2.67 bits per heavy atom. The molecule has 2 N–H and O–H groups in total. The number of fused-ring (bicyclic) bond motifs is 1. The van der Waals surface area contributed by atoms with Crippen molar-refractivity contribution in [2.45, 2.75) is 6.54 Å². The predicted octanol–water partition coefficient (Wildman–Crippen LogP) is 4.33. The van der Waals surface area contributed by atoms with E-state index in [2.05, 4.69) is 15.6 Å². The molecule has 2 heterocycles. The molecule has 3 aromatic rings. The Bertz CT molecular complexity index is 976. The van der Waals surface area contributed by atoms with Crippen molar-refractivity contribution >= 4 is 28.9 Å². The van der Waals surface area contributed by atoms with Gasteiger partial charge in [-0.3, -0.25) is 9.78 Å². The van der Waals surface area contributed by atoms with Crippen LogP contribution in [0.1, 0.15) is 15.9 Å². The molecule has 4 rings (SSSR count). The minimum Gasteiger partial charge on any atom is -0.454 e. The number of benzene rings is 2. The van der Waals surface area contributed by atoms with E-state index in [1.54, 1.807) is 30.5 Å². The van der Waals surface area contributed by atoms with Gasteiger partial charge in [-0.1, -0.05) is 23.7 Å². The van der Waals surface area contributed by atoms with Crippen LogP contribution in [0.25, 0.3) is 0 Å². The number of pyridine rings is 1. The van der Waals surface area contributed by atoms with Crippen LogP contribution in [-0.4, -0.2) is 17.7 Å². The highest BCUT2D eigenvalue weighted by Gasteiger charge is 2.15. The molecular weight excluding hydrogens is 366 g/mol. The molecule has 0 unspecified atom stereocenters. The summed E-state index contributed by atoms with van der Waals surface area (Å²) in [6, 6.07) is 14.6. The van der Waals surface area contributed by atoms with Gasteiger partial charge in [0.25, 0.3) is 5.91 Å². The number of hydrogen-bond acceptors (Lipinski definition) is 5. The first kappa shape index (κ1) is 17.2. The fraction of sp³-hybridized carbons (Fsp3) is 0.100. The molecule has 1 aromatic heterocycles. The fourth-order valence-electron chi connectivity index (χ4n) is 2.64. The SMILES string of the molecule is O=C(Nc1ccc2c(c1)OCO2)c1cncc(NCc2ccc(Cl)cc2)c1. The van der Waals surface area contributed by atoms with Crippen LogP contribution in [0.15, 0.2) is 60.9 Å². The molecule has 2 aromatic carbocycles. The topological polar surface area (TPSA) is 72.5 Å². The summed E-state index contributed by atoms with van der Waals surface area (Å²) in [7, 11) is 0. The number of carbonyl (C=O) groups is 1. The second-order valence-corrected chi connectivity index (χ2v) is 6.40. The number of rotatable bonds is 5. The number of nitrogens with zero attached hydrogens (tertiary/aromatic N) is 1. The summed E-state index contributed by atoms with van der Waals surface area (Å²) in [6.07, 6.45) is 3.20. The van der Waals surface area contributed by atoms with Crippen LogP contribution in [0.5, 0.6) is 11.5 Å². The summed E-state index contributed by atoms with van der Waals surface area (Å²) in [5, 5.41) is 6.79. The molecule has 7 heteroatoms. The lowest BCUT2D eigenvalue weighted by Gasteiger charge is -2.09. The lowest BCUT2D eigenvalue weighted by molar-refractivity contribution is 0.102. The van der Waals surface area contributed by atoms with Crippen LogP contribution in [0.4, 0.5) is 11.4 Å². The summed E-state index contributed by atoms with van der Waals surface area (Å²) in [5.74, 6) is 1.03. The van der Waals surface area contributed by atoms with Gasteiger partial charge in [0.05, 0.1) is 11.3 Å². The quantitative estimate of drug-likeness (QED) is 0.688. The van der Waals surface area contributed by atoms with Gasteiger partial charge in [-0.25, -0.2) is 0 Å². The third-order valence-electron chi connectivity index (χ3n) is 4.04. The first-order valence-corrected chi connectivity index (χ1v) is 8.69. The van der Waals surface area contributed by atoms with Crippen LogP contribution in [-0.2, 0) is 6.54 Å². The zero-order chi connectivity index (χ0) is 18.6. The number of hydrogen-bond donors (Lipinski definition) is 2. The van der Waals surface area contributed by atoms with Crippen molar-refractivity contribution in [2.75, 3.05) is 17.4 Å². The fourth-order valence-corrected chi connectivity index (χ4v) is 2.77. The van der Waals surface area contributed by atoms with Crippen molar-refractivity contribution in [3.8, 4) is 11.5 Å². The van der Waals surface area contributed by atoms with Crippen LogP contribution < -0.4 is 20.1 Å². The van der Waals surface area contributed by atoms with Crippen molar-refractivity contribution in [2.24, 2.45) is 0 Å². The molecule has 1 aliphatic rings. The Morgan fingerprint density at radius 2 is 1.81 bits per heavy atom. The number of carbonyl (C=O) groups excluding carboxylic acids is 1. The maximum atomic E-state index is 12.5. The zero-order valence-corrected chi connectivity index (χ0v) is 15.0. The lowest BCUT2D eigenvalue weighted by atomic mass is 10.2. The molecular formula is C20H16ClN3O3. The Morgan fingerprint density at radius 1 is 1.00 bits per heavy atom. The highest BCUT2D eigenvalue weighted by atomic mass is 35.5. The van der Waals surface area contributed by atoms with E-state index < -0.39 is 0 Å². The third kappa shape index (κ3) is 4.12. The number of aromatic nitrogens is 1. The second kappa shape index (κ2) is 7.55. The second-order valence-electron chi connectivity index (χ2n) is 5.96. The van der Waals surface area contributed by atoms with Crippen LogP contribution >= 0.6 is 11.6 Å². The van der Waals surface area contributed by atoms with Gasteiger partial charge >= 0.3 is 0 Å². The lowest BCUT2D eigenvalue weighted by Crippen LogP contribution is -2.12. The van der Waals surface area contributed by atoms with E-state index >= 15 is 0 Å². The van der Waals surface area contributed by atoms with E-state index in [4.69, 9.17) is 21.1 Å².